The second kappa shape index (κ2) is 4.90. The number of aromatic amines is 1. The first-order valence-electron chi connectivity index (χ1n) is 6.41. The van der Waals surface area contributed by atoms with Gasteiger partial charge >= 0.3 is 5.76 Å². The van der Waals surface area contributed by atoms with Gasteiger partial charge in [0.1, 0.15) is 5.75 Å². The van der Waals surface area contributed by atoms with Crippen molar-refractivity contribution >= 4 is 28.2 Å². The number of H-pyrrole nitrogens is 1. The van der Waals surface area contributed by atoms with Crippen molar-refractivity contribution in [2.24, 2.45) is 0 Å². The van der Waals surface area contributed by atoms with E-state index in [4.69, 9.17) is 14.9 Å². The number of fused-ring (bicyclic) bond motifs is 1. The van der Waals surface area contributed by atoms with Crippen LogP contribution in [0.3, 0.4) is 0 Å². The number of anilines is 3. The maximum atomic E-state index is 11.2. The molecule has 108 valence electrons. The number of ether oxygens (including phenoxy) is 1. The van der Waals surface area contributed by atoms with Crippen LogP contribution < -0.4 is 21.5 Å². The maximum Gasteiger partial charge on any atom is 0.417 e. The number of nitrogen functional groups attached to an aromatic ring is 1. The van der Waals surface area contributed by atoms with Gasteiger partial charge in [-0.05, 0) is 36.8 Å². The molecule has 1 heterocycles. The summed E-state index contributed by atoms with van der Waals surface area (Å²) in [5, 5.41) is 3.25. The van der Waals surface area contributed by atoms with Gasteiger partial charge in [0.15, 0.2) is 5.58 Å². The summed E-state index contributed by atoms with van der Waals surface area (Å²) < 4.78 is 10.2. The highest BCUT2D eigenvalue weighted by Crippen LogP contribution is 2.30. The van der Waals surface area contributed by atoms with Gasteiger partial charge in [0.2, 0.25) is 0 Å². The fourth-order valence-electron chi connectivity index (χ4n) is 2.17. The van der Waals surface area contributed by atoms with Crippen LogP contribution in [0, 0.1) is 6.92 Å². The van der Waals surface area contributed by atoms with E-state index in [1.165, 1.54) is 0 Å². The van der Waals surface area contributed by atoms with Gasteiger partial charge in [-0.25, -0.2) is 4.79 Å². The highest BCUT2D eigenvalue weighted by molar-refractivity contribution is 5.87. The van der Waals surface area contributed by atoms with Crippen LogP contribution in [0.5, 0.6) is 5.75 Å². The highest BCUT2D eigenvalue weighted by Gasteiger charge is 2.08. The molecular weight excluding hydrogens is 270 g/mol. The van der Waals surface area contributed by atoms with Gasteiger partial charge in [0, 0.05) is 11.8 Å². The van der Waals surface area contributed by atoms with Gasteiger partial charge in [0.25, 0.3) is 0 Å². The Labute approximate surface area is 120 Å². The van der Waals surface area contributed by atoms with Gasteiger partial charge in [-0.1, -0.05) is 0 Å². The SMILES string of the molecule is COc1ccc(Nc2cc3[nH]c(=O)oc3cc2N)c(C)c1. The van der Waals surface area contributed by atoms with E-state index < -0.39 is 5.76 Å². The average molecular weight is 285 g/mol. The van der Waals surface area contributed by atoms with E-state index in [2.05, 4.69) is 10.3 Å². The smallest absolute Gasteiger partial charge is 0.417 e. The van der Waals surface area contributed by atoms with Gasteiger partial charge < -0.3 is 20.2 Å². The van der Waals surface area contributed by atoms with Crippen LogP contribution >= 0.6 is 0 Å². The lowest BCUT2D eigenvalue weighted by Gasteiger charge is -2.12. The normalized spacial score (nSPS) is 10.8. The molecular formula is C15H15N3O3. The third-order valence-corrected chi connectivity index (χ3v) is 3.29. The molecule has 3 aromatic rings. The molecule has 0 aliphatic rings. The average Bonchev–Trinajstić information content (AvgIpc) is 2.80. The van der Waals surface area contributed by atoms with Crippen LogP contribution in [0.15, 0.2) is 39.5 Å². The van der Waals surface area contributed by atoms with E-state index in [0.29, 0.717) is 22.5 Å². The topological polar surface area (TPSA) is 93.3 Å². The van der Waals surface area contributed by atoms with Crippen molar-refractivity contribution in [1.82, 2.24) is 4.98 Å². The Morgan fingerprint density at radius 3 is 2.76 bits per heavy atom. The molecule has 0 aliphatic carbocycles. The van der Waals surface area contributed by atoms with E-state index in [1.807, 2.05) is 25.1 Å². The van der Waals surface area contributed by atoms with Crippen molar-refractivity contribution in [3.8, 4) is 5.75 Å². The summed E-state index contributed by atoms with van der Waals surface area (Å²) >= 11 is 0. The monoisotopic (exact) mass is 285 g/mol. The van der Waals surface area contributed by atoms with Crippen molar-refractivity contribution in [3.63, 3.8) is 0 Å². The second-order valence-electron chi connectivity index (χ2n) is 4.76. The molecule has 0 radical (unpaired) electrons. The Balaban J connectivity index is 2.01. The zero-order valence-electron chi connectivity index (χ0n) is 11.7. The van der Waals surface area contributed by atoms with Gasteiger partial charge in [-0.2, -0.15) is 0 Å². The number of hydrogen-bond donors (Lipinski definition) is 3. The number of nitrogens with two attached hydrogens (primary N) is 1. The number of rotatable bonds is 3. The number of aromatic nitrogens is 1. The fourth-order valence-corrected chi connectivity index (χ4v) is 2.17. The predicted molar refractivity (Wildman–Crippen MR) is 82.3 cm³/mol. The Kier molecular flexibility index (Phi) is 3.06. The van der Waals surface area contributed by atoms with E-state index in [-0.39, 0.29) is 0 Å². The van der Waals surface area contributed by atoms with E-state index >= 15 is 0 Å². The molecule has 3 rings (SSSR count). The van der Waals surface area contributed by atoms with Crippen LogP contribution in [0.25, 0.3) is 11.1 Å². The van der Waals surface area contributed by atoms with Crippen LogP contribution in [-0.4, -0.2) is 12.1 Å². The molecule has 6 nitrogen and oxygen atoms in total. The molecule has 1 aromatic heterocycles. The molecule has 0 bridgehead atoms. The van der Waals surface area contributed by atoms with Gasteiger partial charge in [0.05, 0.1) is 24.0 Å². The standard InChI is InChI=1S/C15H15N3O3/c1-8-5-9(20-2)3-4-11(8)17-12-7-13-14(6-10(12)16)21-15(19)18-13/h3-7,17H,16H2,1-2H3,(H,18,19). The fraction of sp³-hybridized carbons (Fsp3) is 0.133. The number of aryl methyl sites for hydroxylation is 1. The number of methoxy groups -OCH3 is 1. The van der Waals surface area contributed by atoms with E-state index in [0.717, 1.165) is 17.0 Å². The van der Waals surface area contributed by atoms with Crippen LogP contribution in [-0.2, 0) is 0 Å². The zero-order valence-corrected chi connectivity index (χ0v) is 11.7. The summed E-state index contributed by atoms with van der Waals surface area (Å²) in [5.74, 6) is 0.294. The molecule has 0 spiro atoms. The predicted octanol–water partition coefficient (Wildman–Crippen LogP) is 2.76. The van der Waals surface area contributed by atoms with Gasteiger partial charge in [-0.15, -0.1) is 0 Å². The highest BCUT2D eigenvalue weighted by atomic mass is 16.5. The number of nitrogens with one attached hydrogen (secondary N) is 2. The van der Waals surface area contributed by atoms with Crippen LogP contribution in [0.2, 0.25) is 0 Å². The molecule has 4 N–H and O–H groups in total. The van der Waals surface area contributed by atoms with E-state index in [9.17, 15) is 4.79 Å². The van der Waals surface area contributed by atoms with Crippen LogP contribution in [0.1, 0.15) is 5.56 Å². The summed E-state index contributed by atoms with van der Waals surface area (Å²) in [4.78, 5) is 13.8. The quantitative estimate of drug-likeness (QED) is 0.643. The first kappa shape index (κ1) is 13.1. The summed E-state index contributed by atoms with van der Waals surface area (Å²) in [6.07, 6.45) is 0. The Hall–Kier alpha value is -2.89. The minimum Gasteiger partial charge on any atom is -0.497 e. The number of benzene rings is 2. The summed E-state index contributed by atoms with van der Waals surface area (Å²) in [6.45, 7) is 1.97. The van der Waals surface area contributed by atoms with Crippen molar-refractivity contribution < 1.29 is 9.15 Å². The molecule has 0 atom stereocenters. The molecule has 0 fully saturated rings. The molecule has 0 saturated carbocycles. The van der Waals surface area contributed by atoms with Crippen LogP contribution in [0.4, 0.5) is 17.1 Å². The van der Waals surface area contributed by atoms with E-state index in [1.54, 1.807) is 19.2 Å². The first-order valence-corrected chi connectivity index (χ1v) is 6.41. The molecule has 0 saturated heterocycles. The Morgan fingerprint density at radius 2 is 2.05 bits per heavy atom. The summed E-state index contributed by atoms with van der Waals surface area (Å²) in [7, 11) is 1.63. The number of oxazole rings is 1. The molecule has 2 aromatic carbocycles. The summed E-state index contributed by atoms with van der Waals surface area (Å²) in [6, 6.07) is 9.07. The summed E-state index contributed by atoms with van der Waals surface area (Å²) in [5.41, 5.74) is 10.2. The lowest BCUT2D eigenvalue weighted by atomic mass is 10.1. The molecule has 0 aliphatic heterocycles. The second-order valence-corrected chi connectivity index (χ2v) is 4.76. The largest absolute Gasteiger partial charge is 0.497 e. The molecule has 0 amide bonds. The Morgan fingerprint density at radius 1 is 1.24 bits per heavy atom. The maximum absolute atomic E-state index is 11.2. The lowest BCUT2D eigenvalue weighted by molar-refractivity contribution is 0.414. The molecule has 6 heteroatoms. The first-order chi connectivity index (χ1) is 10.1. The van der Waals surface area contributed by atoms with Gasteiger partial charge in [-0.3, -0.25) is 4.98 Å². The minimum absolute atomic E-state index is 0.439. The minimum atomic E-state index is -0.498. The Bertz CT molecular complexity index is 864. The van der Waals surface area contributed by atoms with Crippen molar-refractivity contribution in [2.45, 2.75) is 6.92 Å². The van der Waals surface area contributed by atoms with Crippen molar-refractivity contribution in [3.05, 3.63) is 46.4 Å². The third kappa shape index (κ3) is 2.43. The third-order valence-electron chi connectivity index (χ3n) is 3.29. The van der Waals surface area contributed by atoms with Crippen molar-refractivity contribution in [2.75, 3.05) is 18.2 Å². The lowest BCUT2D eigenvalue weighted by Crippen LogP contribution is -1.98. The molecule has 0 unspecified atom stereocenters. The number of hydrogen-bond acceptors (Lipinski definition) is 5. The van der Waals surface area contributed by atoms with Crippen molar-refractivity contribution in [1.29, 1.82) is 0 Å². The zero-order chi connectivity index (χ0) is 15.0. The molecule has 21 heavy (non-hydrogen) atoms.